The first kappa shape index (κ1) is 19.4. The van der Waals surface area contributed by atoms with E-state index in [9.17, 15) is 14.0 Å². The molecule has 0 unspecified atom stereocenters. The molecule has 138 valence electrons. The molecule has 0 saturated carbocycles. The first-order valence-corrected chi connectivity index (χ1v) is 8.34. The van der Waals surface area contributed by atoms with Gasteiger partial charge in [-0.1, -0.05) is 23.8 Å². The zero-order chi connectivity index (χ0) is 19.1. The van der Waals surface area contributed by atoms with Crippen LogP contribution in [0.15, 0.2) is 42.5 Å². The van der Waals surface area contributed by atoms with Gasteiger partial charge in [0.25, 0.3) is 0 Å². The molecule has 0 aromatic heterocycles. The van der Waals surface area contributed by atoms with Crippen LogP contribution in [-0.2, 0) is 9.59 Å². The van der Waals surface area contributed by atoms with Crippen LogP contribution in [0.5, 0.6) is 5.75 Å². The van der Waals surface area contributed by atoms with Crippen molar-refractivity contribution < 1.29 is 18.7 Å². The number of ether oxygens (including phenoxy) is 1. The standard InChI is InChI=1S/C20H23FN2O3/c1-14-7-8-18(15(2)11-14)26-10-9-20(25)23(3)13-19(24)22-17-6-4-5-16(21)12-17/h4-8,11-12H,9-10,13H2,1-3H3,(H,22,24). The Labute approximate surface area is 152 Å². The van der Waals surface area contributed by atoms with Crippen molar-refractivity contribution >= 4 is 17.5 Å². The molecule has 2 amide bonds. The molecule has 6 heteroatoms. The van der Waals surface area contributed by atoms with Crippen LogP contribution < -0.4 is 10.1 Å². The highest BCUT2D eigenvalue weighted by Gasteiger charge is 2.13. The van der Waals surface area contributed by atoms with Crippen molar-refractivity contribution in [2.24, 2.45) is 0 Å². The molecule has 0 aliphatic heterocycles. The Morgan fingerprint density at radius 1 is 1.15 bits per heavy atom. The van der Waals surface area contributed by atoms with Crippen molar-refractivity contribution in [2.45, 2.75) is 20.3 Å². The molecule has 0 fully saturated rings. The summed E-state index contributed by atoms with van der Waals surface area (Å²) in [5.41, 5.74) is 2.52. The number of anilines is 1. The zero-order valence-electron chi connectivity index (χ0n) is 15.2. The second-order valence-corrected chi connectivity index (χ2v) is 6.18. The monoisotopic (exact) mass is 358 g/mol. The predicted octanol–water partition coefficient (Wildman–Crippen LogP) is 3.31. The van der Waals surface area contributed by atoms with Crippen molar-refractivity contribution in [2.75, 3.05) is 25.5 Å². The third-order valence-corrected chi connectivity index (χ3v) is 3.82. The predicted molar refractivity (Wildman–Crippen MR) is 98.7 cm³/mol. The number of carbonyl (C=O) groups is 2. The number of rotatable bonds is 7. The summed E-state index contributed by atoms with van der Waals surface area (Å²) in [5, 5.41) is 2.56. The van der Waals surface area contributed by atoms with E-state index < -0.39 is 5.82 Å². The van der Waals surface area contributed by atoms with Gasteiger partial charge in [0, 0.05) is 12.7 Å². The number of hydrogen-bond donors (Lipinski definition) is 1. The molecule has 0 aliphatic rings. The molecule has 5 nitrogen and oxygen atoms in total. The number of hydrogen-bond acceptors (Lipinski definition) is 3. The van der Waals surface area contributed by atoms with Crippen LogP contribution in [-0.4, -0.2) is 36.9 Å². The van der Waals surface area contributed by atoms with E-state index in [1.807, 2.05) is 32.0 Å². The third-order valence-electron chi connectivity index (χ3n) is 3.82. The van der Waals surface area contributed by atoms with Crippen LogP contribution in [0.25, 0.3) is 0 Å². The normalized spacial score (nSPS) is 10.3. The summed E-state index contributed by atoms with van der Waals surface area (Å²) in [7, 11) is 1.55. The lowest BCUT2D eigenvalue weighted by atomic mass is 10.1. The summed E-state index contributed by atoms with van der Waals surface area (Å²) < 4.78 is 18.7. The average molecular weight is 358 g/mol. The third kappa shape index (κ3) is 5.88. The van der Waals surface area contributed by atoms with E-state index in [4.69, 9.17) is 4.74 Å². The molecule has 2 rings (SSSR count). The van der Waals surface area contributed by atoms with Gasteiger partial charge in [-0.2, -0.15) is 0 Å². The molecule has 0 spiro atoms. The maximum absolute atomic E-state index is 13.1. The molecule has 2 aromatic carbocycles. The summed E-state index contributed by atoms with van der Waals surface area (Å²) in [6.07, 6.45) is 0.164. The van der Waals surface area contributed by atoms with Gasteiger partial charge in [0.05, 0.1) is 19.6 Å². The van der Waals surface area contributed by atoms with E-state index in [0.29, 0.717) is 5.69 Å². The number of amides is 2. The van der Waals surface area contributed by atoms with Gasteiger partial charge in [-0.05, 0) is 43.7 Å². The molecular formula is C20H23FN2O3. The van der Waals surface area contributed by atoms with Crippen LogP contribution in [0.3, 0.4) is 0 Å². The highest BCUT2D eigenvalue weighted by Crippen LogP contribution is 2.18. The first-order chi connectivity index (χ1) is 12.3. The number of aryl methyl sites for hydroxylation is 2. The number of likely N-dealkylation sites (N-methyl/N-ethyl adjacent to an activating group) is 1. The van der Waals surface area contributed by atoms with Gasteiger partial charge in [0.15, 0.2) is 0 Å². The van der Waals surface area contributed by atoms with Gasteiger partial charge in [0.2, 0.25) is 11.8 Å². The van der Waals surface area contributed by atoms with E-state index >= 15 is 0 Å². The van der Waals surface area contributed by atoms with E-state index in [-0.39, 0.29) is 31.4 Å². The quantitative estimate of drug-likeness (QED) is 0.826. The van der Waals surface area contributed by atoms with Gasteiger partial charge < -0.3 is 15.0 Å². The molecule has 0 heterocycles. The Morgan fingerprint density at radius 3 is 2.62 bits per heavy atom. The number of nitrogens with one attached hydrogen (secondary N) is 1. The van der Waals surface area contributed by atoms with Crippen molar-refractivity contribution in [3.05, 3.63) is 59.4 Å². The lowest BCUT2D eigenvalue weighted by Gasteiger charge is -2.17. The second-order valence-electron chi connectivity index (χ2n) is 6.18. The molecule has 0 saturated heterocycles. The summed E-state index contributed by atoms with van der Waals surface area (Å²) in [6, 6.07) is 11.4. The topological polar surface area (TPSA) is 58.6 Å². The minimum Gasteiger partial charge on any atom is -0.493 e. The van der Waals surface area contributed by atoms with Gasteiger partial charge in [0.1, 0.15) is 11.6 Å². The molecule has 0 bridgehead atoms. The van der Waals surface area contributed by atoms with E-state index in [0.717, 1.165) is 16.9 Å². The molecule has 0 radical (unpaired) electrons. The van der Waals surface area contributed by atoms with E-state index in [2.05, 4.69) is 5.32 Å². The second kappa shape index (κ2) is 8.99. The smallest absolute Gasteiger partial charge is 0.243 e. The Bertz CT molecular complexity index is 792. The number of nitrogens with zero attached hydrogens (tertiary/aromatic N) is 1. The van der Waals surface area contributed by atoms with Crippen LogP contribution in [0.2, 0.25) is 0 Å². The summed E-state index contributed by atoms with van der Waals surface area (Å²) in [5.74, 6) is -0.281. The van der Waals surface area contributed by atoms with Gasteiger partial charge in [-0.15, -0.1) is 0 Å². The Morgan fingerprint density at radius 2 is 1.92 bits per heavy atom. The highest BCUT2D eigenvalue weighted by atomic mass is 19.1. The SMILES string of the molecule is Cc1ccc(OCCC(=O)N(C)CC(=O)Nc2cccc(F)c2)c(C)c1. The first-order valence-electron chi connectivity index (χ1n) is 8.34. The van der Waals surface area contributed by atoms with Crippen LogP contribution >= 0.6 is 0 Å². The number of carbonyl (C=O) groups excluding carboxylic acids is 2. The van der Waals surface area contributed by atoms with Gasteiger partial charge in [-0.25, -0.2) is 4.39 Å². The van der Waals surface area contributed by atoms with E-state index in [1.54, 1.807) is 13.1 Å². The van der Waals surface area contributed by atoms with Crippen molar-refractivity contribution in [3.8, 4) is 5.75 Å². The summed E-state index contributed by atoms with van der Waals surface area (Å²) in [4.78, 5) is 25.4. The molecule has 0 aliphatic carbocycles. The van der Waals surface area contributed by atoms with Gasteiger partial charge >= 0.3 is 0 Å². The number of benzene rings is 2. The fourth-order valence-corrected chi connectivity index (χ4v) is 2.47. The Kier molecular flexibility index (Phi) is 6.72. The summed E-state index contributed by atoms with van der Waals surface area (Å²) >= 11 is 0. The van der Waals surface area contributed by atoms with Crippen molar-refractivity contribution in [1.82, 2.24) is 4.90 Å². The fourth-order valence-electron chi connectivity index (χ4n) is 2.47. The lowest BCUT2D eigenvalue weighted by molar-refractivity contribution is -0.133. The Balaban J connectivity index is 1.77. The Hall–Kier alpha value is -2.89. The van der Waals surface area contributed by atoms with Crippen molar-refractivity contribution in [3.63, 3.8) is 0 Å². The minimum absolute atomic E-state index is 0.112. The van der Waals surface area contributed by atoms with Crippen molar-refractivity contribution in [1.29, 1.82) is 0 Å². The molecule has 2 aromatic rings. The maximum atomic E-state index is 13.1. The van der Waals surface area contributed by atoms with Crippen LogP contribution in [0.4, 0.5) is 10.1 Å². The highest BCUT2D eigenvalue weighted by molar-refractivity contribution is 5.94. The zero-order valence-corrected chi connectivity index (χ0v) is 15.2. The maximum Gasteiger partial charge on any atom is 0.243 e. The van der Waals surface area contributed by atoms with Crippen LogP contribution in [0.1, 0.15) is 17.5 Å². The lowest BCUT2D eigenvalue weighted by Crippen LogP contribution is -2.35. The average Bonchev–Trinajstić information content (AvgIpc) is 2.56. The fraction of sp³-hybridized carbons (Fsp3) is 0.300. The number of halogens is 1. The molecule has 0 atom stereocenters. The largest absolute Gasteiger partial charge is 0.493 e. The van der Waals surface area contributed by atoms with Gasteiger partial charge in [-0.3, -0.25) is 9.59 Å². The van der Waals surface area contributed by atoms with E-state index in [1.165, 1.54) is 23.1 Å². The molecular weight excluding hydrogens is 335 g/mol. The summed E-state index contributed by atoms with van der Waals surface area (Å²) in [6.45, 7) is 4.08. The van der Waals surface area contributed by atoms with Crippen LogP contribution in [0, 0.1) is 19.7 Å². The minimum atomic E-state index is -0.434. The molecule has 26 heavy (non-hydrogen) atoms. The molecule has 1 N–H and O–H groups in total.